The number of carbonyl (C=O) groups is 1. The first kappa shape index (κ1) is 11.4. The summed E-state index contributed by atoms with van der Waals surface area (Å²) in [5.74, 6) is 0. The molecule has 0 aliphatic carbocycles. The third kappa shape index (κ3) is 1.93. The number of nitrogens with one attached hydrogen (secondary N) is 1. The van der Waals surface area contributed by atoms with Gasteiger partial charge in [-0.05, 0) is 12.1 Å². The third-order valence-electron chi connectivity index (χ3n) is 1.96. The van der Waals surface area contributed by atoms with Crippen molar-refractivity contribution in [3.63, 3.8) is 0 Å². The summed E-state index contributed by atoms with van der Waals surface area (Å²) < 4.78 is 0. The lowest BCUT2D eigenvalue weighted by Gasteiger charge is -2.20. The van der Waals surface area contributed by atoms with Crippen molar-refractivity contribution >= 4 is 46.8 Å². The van der Waals surface area contributed by atoms with Crippen LogP contribution in [0, 0.1) is 0 Å². The number of aldehydes is 1. The number of hydrogen-bond donors (Lipinski definition) is 1. The van der Waals surface area contributed by atoms with E-state index in [2.05, 4.69) is 15.9 Å². The van der Waals surface area contributed by atoms with E-state index in [-0.39, 0.29) is 0 Å². The van der Waals surface area contributed by atoms with E-state index in [0.29, 0.717) is 27.0 Å². The molecule has 0 spiro atoms. The fourth-order valence-corrected chi connectivity index (χ4v) is 1.86. The Morgan fingerprint density at radius 1 is 1.25 bits per heavy atom. The predicted octanol–water partition coefficient (Wildman–Crippen LogP) is 2.86. The summed E-state index contributed by atoms with van der Waals surface area (Å²) in [5.41, 5.74) is 3.02. The molecule has 1 aliphatic heterocycles. The summed E-state index contributed by atoms with van der Waals surface area (Å²) in [7, 11) is 0. The van der Waals surface area contributed by atoms with Crippen LogP contribution in [-0.4, -0.2) is 12.5 Å². The molecule has 0 radical (unpaired) electrons. The molecule has 1 unspecified atom stereocenters. The van der Waals surface area contributed by atoms with E-state index >= 15 is 0 Å². The van der Waals surface area contributed by atoms with Gasteiger partial charge in [-0.25, -0.2) is 5.01 Å². The van der Waals surface area contributed by atoms with E-state index in [4.69, 9.17) is 34.8 Å². The van der Waals surface area contributed by atoms with Gasteiger partial charge in [0.25, 0.3) is 0 Å². The molecule has 2 rings (SSSR count). The summed E-state index contributed by atoms with van der Waals surface area (Å²) in [6, 6.07) is 3.02. The molecule has 0 saturated carbocycles. The Labute approximate surface area is 106 Å². The molecule has 1 N–H and O–H groups in total. The van der Waals surface area contributed by atoms with Gasteiger partial charge >= 0.3 is 0 Å². The van der Waals surface area contributed by atoms with Crippen LogP contribution in [0.25, 0.3) is 0 Å². The van der Waals surface area contributed by atoms with Crippen molar-refractivity contribution in [3.8, 4) is 0 Å². The van der Waals surface area contributed by atoms with E-state index in [0.717, 1.165) is 0 Å². The number of carbonyl (C=O) groups excluding carboxylic acids is 1. The van der Waals surface area contributed by atoms with Crippen molar-refractivity contribution in [1.82, 2.24) is 5.53 Å². The number of halogens is 3. The molecule has 0 amide bonds. The highest BCUT2D eigenvalue weighted by atomic mass is 35.5. The lowest BCUT2D eigenvalue weighted by Crippen LogP contribution is -2.38. The molecule has 1 heterocycles. The largest absolute Gasteiger partial charge is 0.299 e. The van der Waals surface area contributed by atoms with Crippen molar-refractivity contribution in [2.75, 3.05) is 5.01 Å². The monoisotopic (exact) mass is 278 g/mol. The lowest BCUT2D eigenvalue weighted by molar-refractivity contribution is -0.108. The second-order valence-corrected chi connectivity index (χ2v) is 4.17. The van der Waals surface area contributed by atoms with Gasteiger partial charge in [-0.1, -0.05) is 40.0 Å². The van der Waals surface area contributed by atoms with Crippen LogP contribution >= 0.6 is 34.8 Å². The molecule has 16 heavy (non-hydrogen) atoms. The summed E-state index contributed by atoms with van der Waals surface area (Å²) >= 11 is 17.6. The minimum absolute atomic E-state index is 0.333. The van der Waals surface area contributed by atoms with Gasteiger partial charge in [-0.15, -0.1) is 5.11 Å². The average Bonchev–Trinajstić information content (AvgIpc) is 2.71. The fourth-order valence-electron chi connectivity index (χ4n) is 1.23. The molecule has 1 aromatic carbocycles. The first-order valence-corrected chi connectivity index (χ1v) is 5.31. The van der Waals surface area contributed by atoms with Gasteiger partial charge in [-0.3, -0.25) is 4.79 Å². The number of hydrazine groups is 1. The Hall–Kier alpha value is -1.04. The van der Waals surface area contributed by atoms with Crippen molar-refractivity contribution < 1.29 is 4.79 Å². The summed E-state index contributed by atoms with van der Waals surface area (Å²) in [5, 5.41) is 9.57. The zero-order chi connectivity index (χ0) is 11.7. The van der Waals surface area contributed by atoms with E-state index in [1.807, 2.05) is 0 Å². The second kappa shape index (κ2) is 4.45. The average molecular weight is 280 g/mol. The van der Waals surface area contributed by atoms with Gasteiger partial charge in [0, 0.05) is 0 Å². The van der Waals surface area contributed by atoms with E-state index < -0.39 is 6.17 Å². The van der Waals surface area contributed by atoms with Gasteiger partial charge in [0.2, 0.25) is 6.17 Å². The normalized spacial score (nSPS) is 18.7. The van der Waals surface area contributed by atoms with Gasteiger partial charge in [-0.2, -0.15) is 5.53 Å². The van der Waals surface area contributed by atoms with Crippen LogP contribution in [0.2, 0.25) is 15.1 Å². The molecule has 5 nitrogen and oxygen atoms in total. The van der Waals surface area contributed by atoms with Crippen molar-refractivity contribution in [1.29, 1.82) is 0 Å². The topological polar surface area (TPSA) is 57.1 Å². The van der Waals surface area contributed by atoms with Gasteiger partial charge in [0.05, 0.1) is 20.8 Å². The minimum atomic E-state index is -0.755. The van der Waals surface area contributed by atoms with Crippen LogP contribution in [0.5, 0.6) is 0 Å². The number of anilines is 1. The van der Waals surface area contributed by atoms with Crippen LogP contribution in [0.1, 0.15) is 0 Å². The maximum atomic E-state index is 10.7. The summed E-state index contributed by atoms with van der Waals surface area (Å²) in [6.07, 6.45) is -0.128. The van der Waals surface area contributed by atoms with Crippen LogP contribution < -0.4 is 10.5 Å². The van der Waals surface area contributed by atoms with Crippen molar-refractivity contribution in [2.45, 2.75) is 6.17 Å². The number of hydrogen-bond acceptors (Lipinski definition) is 5. The van der Waals surface area contributed by atoms with Gasteiger partial charge in [0.1, 0.15) is 0 Å². The highest BCUT2D eigenvalue weighted by Crippen LogP contribution is 2.35. The van der Waals surface area contributed by atoms with Crippen molar-refractivity contribution in [3.05, 3.63) is 27.2 Å². The quantitative estimate of drug-likeness (QED) is 0.669. The molecular weight excluding hydrogens is 274 g/mol. The first-order chi connectivity index (χ1) is 7.63. The third-order valence-corrected chi connectivity index (χ3v) is 2.99. The molecule has 1 aromatic rings. The second-order valence-electron chi connectivity index (χ2n) is 2.95. The highest BCUT2D eigenvalue weighted by molar-refractivity contribution is 6.44. The van der Waals surface area contributed by atoms with E-state index in [1.54, 1.807) is 0 Å². The number of rotatable bonds is 2. The fraction of sp³-hybridized carbons (Fsp3) is 0.125. The molecule has 1 atom stereocenters. The number of benzene rings is 1. The standard InChI is InChI=1S/C8H5Cl3N4O/c9-4-1-6(11)7(2-5(4)10)15-8(3-16)12-13-14-15/h1-3,8H,(H,12,14). The minimum Gasteiger partial charge on any atom is -0.299 e. The molecular formula is C8H5Cl3N4O. The SMILES string of the molecule is O=CC1N=NNN1c1cc(Cl)c(Cl)cc1Cl. The molecule has 8 heteroatoms. The van der Waals surface area contributed by atoms with Crippen LogP contribution in [0.4, 0.5) is 5.69 Å². The Kier molecular flexibility index (Phi) is 3.18. The Balaban J connectivity index is 2.41. The Morgan fingerprint density at radius 2 is 1.94 bits per heavy atom. The van der Waals surface area contributed by atoms with E-state index in [1.165, 1.54) is 17.1 Å². The van der Waals surface area contributed by atoms with Crippen LogP contribution in [0.3, 0.4) is 0 Å². The molecule has 0 saturated heterocycles. The zero-order valence-electron chi connectivity index (χ0n) is 7.69. The van der Waals surface area contributed by atoms with Crippen molar-refractivity contribution in [2.24, 2.45) is 10.3 Å². The van der Waals surface area contributed by atoms with Crippen LogP contribution in [-0.2, 0) is 4.79 Å². The zero-order valence-corrected chi connectivity index (χ0v) is 9.96. The summed E-state index contributed by atoms with van der Waals surface area (Å²) in [4.78, 5) is 10.7. The van der Waals surface area contributed by atoms with Gasteiger partial charge < -0.3 is 0 Å². The van der Waals surface area contributed by atoms with E-state index in [9.17, 15) is 4.79 Å². The molecule has 84 valence electrons. The van der Waals surface area contributed by atoms with Crippen LogP contribution in [0.15, 0.2) is 22.5 Å². The first-order valence-electron chi connectivity index (χ1n) is 4.18. The lowest BCUT2D eigenvalue weighted by atomic mass is 10.3. The smallest absolute Gasteiger partial charge is 0.219 e. The number of nitrogens with zero attached hydrogens (tertiary/aromatic N) is 3. The molecule has 0 bridgehead atoms. The molecule has 0 aromatic heterocycles. The highest BCUT2D eigenvalue weighted by Gasteiger charge is 2.25. The Morgan fingerprint density at radius 3 is 2.62 bits per heavy atom. The van der Waals surface area contributed by atoms with Gasteiger partial charge in [0.15, 0.2) is 6.29 Å². The molecule has 0 fully saturated rings. The maximum absolute atomic E-state index is 10.7. The maximum Gasteiger partial charge on any atom is 0.219 e. The summed E-state index contributed by atoms with van der Waals surface area (Å²) in [6.45, 7) is 0. The molecule has 1 aliphatic rings. The predicted molar refractivity (Wildman–Crippen MR) is 61.8 cm³/mol. The Bertz CT molecular complexity index is 465.